The number of benzene rings is 3. The minimum atomic E-state index is -0.714. The highest BCUT2D eigenvalue weighted by atomic mass is 16.5. The lowest BCUT2D eigenvalue weighted by Crippen LogP contribution is -2.41. The lowest BCUT2D eigenvalue weighted by atomic mass is 9.71. The third-order valence-corrected chi connectivity index (χ3v) is 9.13. The fraction of sp³-hybridized carbons (Fsp3) is 0.432. The molecule has 0 aliphatic carbocycles. The van der Waals surface area contributed by atoms with E-state index in [4.69, 9.17) is 4.74 Å². The normalized spacial score (nSPS) is 19.5. The molecule has 0 amide bonds. The number of hydrogen-bond donors (Lipinski definition) is 0. The molecule has 3 aromatic carbocycles. The third-order valence-electron chi connectivity index (χ3n) is 9.13. The van der Waals surface area contributed by atoms with Crippen LogP contribution < -0.4 is 0 Å². The van der Waals surface area contributed by atoms with Crippen molar-refractivity contribution >= 4 is 17.3 Å². The van der Waals surface area contributed by atoms with Gasteiger partial charge in [-0.15, -0.1) is 0 Å². The number of carbonyl (C=O) groups is 3. The van der Waals surface area contributed by atoms with E-state index < -0.39 is 23.4 Å². The van der Waals surface area contributed by atoms with Crippen LogP contribution in [0.1, 0.15) is 71.8 Å². The van der Waals surface area contributed by atoms with Gasteiger partial charge in [-0.25, -0.2) is 0 Å². The van der Waals surface area contributed by atoms with Crippen LogP contribution in [0.25, 0.3) is 0 Å². The predicted octanol–water partition coefficient (Wildman–Crippen LogP) is 7.49. The van der Waals surface area contributed by atoms with Gasteiger partial charge in [0.1, 0.15) is 11.6 Å². The van der Waals surface area contributed by atoms with Gasteiger partial charge in [0.2, 0.25) is 0 Å². The fourth-order valence-corrected chi connectivity index (χ4v) is 6.33. The number of rotatable bonds is 12. The molecule has 4 unspecified atom stereocenters. The molecule has 4 nitrogen and oxygen atoms in total. The van der Waals surface area contributed by atoms with E-state index in [0.717, 1.165) is 27.8 Å². The molecular weight excluding hydrogens is 508 g/mol. The van der Waals surface area contributed by atoms with E-state index in [0.29, 0.717) is 19.3 Å². The molecule has 1 heterocycles. The molecule has 4 heteroatoms. The van der Waals surface area contributed by atoms with Crippen molar-refractivity contribution in [2.45, 2.75) is 72.8 Å². The number of Topliss-reactive ketones (excluding diaryl/α,β-unsaturated/α-hetero) is 3. The molecule has 1 fully saturated rings. The summed E-state index contributed by atoms with van der Waals surface area (Å²) in [5, 5.41) is 0. The standard InChI is InChI=1S/C37H44O4/c1-24-15-17-28(18-16-24)19-20-33(38)35-32(23-41-37(35,5)6)36(40)27(4)30(21-29-12-8-7-9-13-29)22-34(39)31-14-10-11-25(2)26(31)3/h7-18,27,30,32,35H,19-23H2,1-6H3. The molecule has 4 rings (SSSR count). The molecule has 1 aliphatic rings. The van der Waals surface area contributed by atoms with Gasteiger partial charge in [0.05, 0.1) is 24.0 Å². The first-order valence-corrected chi connectivity index (χ1v) is 14.9. The Bertz CT molecular complexity index is 1370. The molecule has 216 valence electrons. The number of aryl methyl sites for hydroxylation is 3. The van der Waals surface area contributed by atoms with Gasteiger partial charge in [-0.3, -0.25) is 14.4 Å². The largest absolute Gasteiger partial charge is 0.374 e. The Kier molecular flexibility index (Phi) is 9.76. The summed E-state index contributed by atoms with van der Waals surface area (Å²) >= 11 is 0. The number of hydrogen-bond acceptors (Lipinski definition) is 4. The van der Waals surface area contributed by atoms with Gasteiger partial charge in [-0.1, -0.05) is 85.3 Å². The van der Waals surface area contributed by atoms with E-state index >= 15 is 0 Å². The van der Waals surface area contributed by atoms with Crippen LogP contribution in [-0.4, -0.2) is 29.6 Å². The summed E-state index contributed by atoms with van der Waals surface area (Å²) in [7, 11) is 0. The number of ketones is 3. The smallest absolute Gasteiger partial charge is 0.163 e. The Labute approximate surface area is 245 Å². The molecule has 0 bridgehead atoms. The quantitative estimate of drug-likeness (QED) is 0.218. The van der Waals surface area contributed by atoms with E-state index in [-0.39, 0.29) is 36.3 Å². The Morgan fingerprint density at radius 1 is 0.878 bits per heavy atom. The fourth-order valence-electron chi connectivity index (χ4n) is 6.33. The van der Waals surface area contributed by atoms with E-state index in [1.807, 2.05) is 90.1 Å². The van der Waals surface area contributed by atoms with Crippen LogP contribution in [0.2, 0.25) is 0 Å². The summed E-state index contributed by atoms with van der Waals surface area (Å²) in [6.07, 6.45) is 1.91. The van der Waals surface area contributed by atoms with Crippen molar-refractivity contribution < 1.29 is 19.1 Å². The summed E-state index contributed by atoms with van der Waals surface area (Å²) in [6, 6.07) is 24.1. The van der Waals surface area contributed by atoms with Crippen LogP contribution in [0, 0.1) is 44.4 Å². The molecule has 41 heavy (non-hydrogen) atoms. The lowest BCUT2D eigenvalue weighted by molar-refractivity contribution is -0.135. The van der Waals surface area contributed by atoms with Gasteiger partial charge in [0, 0.05) is 24.3 Å². The number of ether oxygens (including phenoxy) is 1. The maximum absolute atomic E-state index is 14.2. The Balaban J connectivity index is 1.55. The zero-order valence-electron chi connectivity index (χ0n) is 25.4. The maximum Gasteiger partial charge on any atom is 0.163 e. The van der Waals surface area contributed by atoms with Gasteiger partial charge in [0.15, 0.2) is 5.78 Å². The second kappa shape index (κ2) is 13.1. The minimum Gasteiger partial charge on any atom is -0.374 e. The van der Waals surface area contributed by atoms with Crippen molar-refractivity contribution in [3.8, 4) is 0 Å². The van der Waals surface area contributed by atoms with Gasteiger partial charge in [-0.05, 0) is 75.6 Å². The average molecular weight is 553 g/mol. The molecule has 3 aromatic rings. The SMILES string of the molecule is Cc1ccc(CCC(=O)C2C(C(=O)C(C)C(CC(=O)c3cccc(C)c3C)Cc3ccccc3)COC2(C)C)cc1. The van der Waals surface area contributed by atoms with Crippen molar-refractivity contribution in [2.75, 3.05) is 6.61 Å². The summed E-state index contributed by atoms with van der Waals surface area (Å²) in [6.45, 7) is 12.1. The van der Waals surface area contributed by atoms with E-state index in [1.165, 1.54) is 5.56 Å². The van der Waals surface area contributed by atoms with E-state index in [1.54, 1.807) is 0 Å². The summed E-state index contributed by atoms with van der Waals surface area (Å²) in [4.78, 5) is 41.4. The van der Waals surface area contributed by atoms with E-state index in [2.05, 4.69) is 24.3 Å². The molecule has 1 saturated heterocycles. The molecule has 0 radical (unpaired) electrons. The molecule has 4 atom stereocenters. The van der Waals surface area contributed by atoms with Gasteiger partial charge in [-0.2, -0.15) is 0 Å². The number of carbonyl (C=O) groups excluding carboxylic acids is 3. The molecule has 0 aromatic heterocycles. The predicted molar refractivity (Wildman–Crippen MR) is 164 cm³/mol. The minimum absolute atomic E-state index is 0.0268. The first kappa shape index (κ1) is 30.6. The van der Waals surface area contributed by atoms with Crippen molar-refractivity contribution in [3.63, 3.8) is 0 Å². The molecule has 0 saturated carbocycles. The second-order valence-electron chi connectivity index (χ2n) is 12.5. The Morgan fingerprint density at radius 2 is 1.56 bits per heavy atom. The Morgan fingerprint density at radius 3 is 2.24 bits per heavy atom. The maximum atomic E-state index is 14.2. The highest BCUT2D eigenvalue weighted by Crippen LogP contribution is 2.41. The topological polar surface area (TPSA) is 60.4 Å². The second-order valence-corrected chi connectivity index (χ2v) is 12.5. The van der Waals surface area contributed by atoms with Crippen LogP contribution >= 0.6 is 0 Å². The van der Waals surface area contributed by atoms with Crippen LogP contribution in [0.15, 0.2) is 72.8 Å². The van der Waals surface area contributed by atoms with Gasteiger partial charge >= 0.3 is 0 Å². The highest BCUT2D eigenvalue weighted by molar-refractivity contribution is 5.98. The van der Waals surface area contributed by atoms with Crippen LogP contribution in [-0.2, 0) is 27.2 Å². The van der Waals surface area contributed by atoms with E-state index in [9.17, 15) is 14.4 Å². The van der Waals surface area contributed by atoms with Gasteiger partial charge < -0.3 is 4.74 Å². The highest BCUT2D eigenvalue weighted by Gasteiger charge is 2.51. The van der Waals surface area contributed by atoms with Crippen LogP contribution in [0.5, 0.6) is 0 Å². The summed E-state index contributed by atoms with van der Waals surface area (Å²) in [5.74, 6) is -1.46. The summed E-state index contributed by atoms with van der Waals surface area (Å²) in [5.41, 5.74) is 5.47. The van der Waals surface area contributed by atoms with Crippen LogP contribution in [0.4, 0.5) is 0 Å². The monoisotopic (exact) mass is 552 g/mol. The van der Waals surface area contributed by atoms with Crippen molar-refractivity contribution in [2.24, 2.45) is 23.7 Å². The zero-order valence-corrected chi connectivity index (χ0v) is 25.4. The molecule has 0 spiro atoms. The first-order chi connectivity index (χ1) is 19.5. The average Bonchev–Trinajstić information content (AvgIpc) is 3.28. The molecule has 0 N–H and O–H groups in total. The first-order valence-electron chi connectivity index (χ1n) is 14.9. The Hall–Kier alpha value is -3.37. The van der Waals surface area contributed by atoms with Crippen molar-refractivity contribution in [1.29, 1.82) is 0 Å². The third kappa shape index (κ3) is 7.29. The van der Waals surface area contributed by atoms with Gasteiger partial charge in [0.25, 0.3) is 0 Å². The summed E-state index contributed by atoms with van der Waals surface area (Å²) < 4.78 is 6.09. The lowest BCUT2D eigenvalue weighted by Gasteiger charge is -2.30. The molecule has 1 aliphatic heterocycles. The van der Waals surface area contributed by atoms with Crippen LogP contribution in [0.3, 0.4) is 0 Å². The van der Waals surface area contributed by atoms with Crippen molar-refractivity contribution in [1.82, 2.24) is 0 Å². The molecular formula is C37H44O4. The zero-order chi connectivity index (χ0) is 29.7. The van der Waals surface area contributed by atoms with Crippen molar-refractivity contribution in [3.05, 3.63) is 106 Å².